The van der Waals surface area contributed by atoms with E-state index in [1.54, 1.807) is 37.3 Å². The maximum atomic E-state index is 12.6. The van der Waals surface area contributed by atoms with E-state index in [2.05, 4.69) is 0 Å². The molecule has 0 aliphatic rings. The number of nitrogens with zero attached hydrogens (tertiary/aromatic N) is 2. The lowest BCUT2D eigenvalue weighted by molar-refractivity contribution is -0.384. The molecular formula is C20H16N2O6. The molecule has 0 aliphatic carbocycles. The predicted octanol–water partition coefficient (Wildman–Crippen LogP) is 3.33. The van der Waals surface area contributed by atoms with Gasteiger partial charge in [0.1, 0.15) is 17.4 Å². The van der Waals surface area contributed by atoms with Crippen LogP contribution in [0, 0.1) is 21.4 Å². The van der Waals surface area contributed by atoms with Gasteiger partial charge in [0.25, 0.3) is 5.69 Å². The number of nitro benzene ring substituents is 1. The van der Waals surface area contributed by atoms with Crippen LogP contribution >= 0.6 is 0 Å². The van der Waals surface area contributed by atoms with Crippen molar-refractivity contribution in [1.82, 2.24) is 0 Å². The van der Waals surface area contributed by atoms with Crippen LogP contribution in [0.4, 0.5) is 5.69 Å². The Morgan fingerprint density at radius 1 is 1.21 bits per heavy atom. The minimum absolute atomic E-state index is 0.0203. The first-order valence-electron chi connectivity index (χ1n) is 8.24. The average Bonchev–Trinajstić information content (AvgIpc) is 2.71. The zero-order chi connectivity index (χ0) is 20.5. The Hall–Kier alpha value is -3.99. The molecule has 2 aromatic carbocycles. The molecule has 0 aromatic heterocycles. The van der Waals surface area contributed by atoms with E-state index in [1.807, 2.05) is 0 Å². The molecule has 0 amide bonds. The molecule has 0 saturated heterocycles. The van der Waals surface area contributed by atoms with Crippen LogP contribution in [0.3, 0.4) is 0 Å². The summed E-state index contributed by atoms with van der Waals surface area (Å²) in [6, 6.07) is 13.5. The van der Waals surface area contributed by atoms with E-state index in [9.17, 15) is 25.0 Å². The Labute approximate surface area is 160 Å². The highest BCUT2D eigenvalue weighted by Crippen LogP contribution is 2.23. The van der Waals surface area contributed by atoms with Gasteiger partial charge >= 0.3 is 5.97 Å². The van der Waals surface area contributed by atoms with Crippen LogP contribution in [0.1, 0.15) is 22.8 Å². The van der Waals surface area contributed by atoms with Crippen molar-refractivity contribution in [3.8, 4) is 11.8 Å². The van der Waals surface area contributed by atoms with E-state index in [0.717, 1.165) is 6.07 Å². The summed E-state index contributed by atoms with van der Waals surface area (Å²) in [7, 11) is 0. The molecule has 8 nitrogen and oxygen atoms in total. The molecule has 28 heavy (non-hydrogen) atoms. The molecule has 0 N–H and O–H groups in total. The topological polar surface area (TPSA) is 120 Å². The number of rotatable bonds is 8. The summed E-state index contributed by atoms with van der Waals surface area (Å²) in [5, 5.41) is 20.3. The number of nitriles is 1. The van der Waals surface area contributed by atoms with E-state index in [0.29, 0.717) is 5.56 Å². The Morgan fingerprint density at radius 2 is 1.96 bits per heavy atom. The lowest BCUT2D eigenvalue weighted by Gasteiger charge is -2.09. The van der Waals surface area contributed by atoms with Crippen molar-refractivity contribution < 1.29 is 24.0 Å². The third-order valence-electron chi connectivity index (χ3n) is 3.55. The van der Waals surface area contributed by atoms with E-state index < -0.39 is 16.7 Å². The van der Waals surface area contributed by atoms with Gasteiger partial charge in [-0.05, 0) is 19.1 Å². The smallest absolute Gasteiger partial charge is 0.344 e. The van der Waals surface area contributed by atoms with Crippen LogP contribution in [0.5, 0.6) is 5.75 Å². The first kappa shape index (κ1) is 20.3. The highest BCUT2D eigenvalue weighted by Gasteiger charge is 2.16. The molecule has 0 atom stereocenters. The summed E-state index contributed by atoms with van der Waals surface area (Å²) in [4.78, 5) is 34.3. The standard InChI is InChI=1S/C20H16N2O6/c1-2-27-19(23)13-28-18-9-4-3-6-14(18)10-16(12-21)20(24)15-7-5-8-17(11-15)22(25)26/h3-11H,2,13H2,1H3/b16-10+. The third kappa shape index (κ3) is 5.25. The molecule has 0 radical (unpaired) electrons. The first-order chi connectivity index (χ1) is 13.5. The molecule has 0 fully saturated rings. The van der Waals surface area contributed by atoms with Gasteiger partial charge in [-0.3, -0.25) is 14.9 Å². The van der Waals surface area contributed by atoms with Gasteiger partial charge in [-0.1, -0.05) is 30.3 Å². The second-order valence-corrected chi connectivity index (χ2v) is 5.44. The Kier molecular flexibility index (Phi) is 6.99. The fourth-order valence-electron chi connectivity index (χ4n) is 2.29. The number of non-ortho nitro benzene ring substituents is 1. The van der Waals surface area contributed by atoms with E-state index in [-0.39, 0.29) is 35.8 Å². The van der Waals surface area contributed by atoms with Gasteiger partial charge in [0.15, 0.2) is 6.61 Å². The maximum absolute atomic E-state index is 12.6. The number of ketones is 1. The third-order valence-corrected chi connectivity index (χ3v) is 3.55. The first-order valence-corrected chi connectivity index (χ1v) is 8.24. The van der Waals surface area contributed by atoms with Crippen molar-refractivity contribution in [3.63, 3.8) is 0 Å². The number of nitro groups is 1. The van der Waals surface area contributed by atoms with Gasteiger partial charge in [-0.15, -0.1) is 0 Å². The van der Waals surface area contributed by atoms with Crippen LogP contribution in [0.25, 0.3) is 6.08 Å². The highest BCUT2D eigenvalue weighted by atomic mass is 16.6. The monoisotopic (exact) mass is 380 g/mol. The number of benzene rings is 2. The average molecular weight is 380 g/mol. The van der Waals surface area contributed by atoms with Gasteiger partial charge in [0.2, 0.25) is 5.78 Å². The number of esters is 1. The molecule has 8 heteroatoms. The van der Waals surface area contributed by atoms with Gasteiger partial charge in [0.05, 0.1) is 11.5 Å². The van der Waals surface area contributed by atoms with Crippen molar-refractivity contribution >= 4 is 23.5 Å². The summed E-state index contributed by atoms with van der Waals surface area (Å²) in [6.07, 6.45) is 1.31. The van der Waals surface area contributed by atoms with Gasteiger partial charge in [-0.2, -0.15) is 5.26 Å². The zero-order valence-corrected chi connectivity index (χ0v) is 15.0. The molecule has 0 heterocycles. The number of para-hydroxylation sites is 1. The number of hydrogen-bond acceptors (Lipinski definition) is 7. The summed E-state index contributed by atoms with van der Waals surface area (Å²) in [5.41, 5.74) is -0.0527. The Bertz CT molecular complexity index is 975. The number of carbonyl (C=O) groups is 2. The molecular weight excluding hydrogens is 364 g/mol. The fourth-order valence-corrected chi connectivity index (χ4v) is 2.29. The number of carbonyl (C=O) groups excluding carboxylic acids is 2. The highest BCUT2D eigenvalue weighted by molar-refractivity contribution is 6.14. The SMILES string of the molecule is CCOC(=O)COc1ccccc1/C=C(\C#N)C(=O)c1cccc([N+](=O)[O-])c1. The number of hydrogen-bond donors (Lipinski definition) is 0. The maximum Gasteiger partial charge on any atom is 0.344 e. The van der Waals surface area contributed by atoms with Gasteiger partial charge in [-0.25, -0.2) is 4.79 Å². The molecule has 142 valence electrons. The van der Waals surface area contributed by atoms with Gasteiger partial charge < -0.3 is 9.47 Å². The quantitative estimate of drug-likeness (QED) is 0.172. The molecule has 0 spiro atoms. The van der Waals surface area contributed by atoms with Crippen LogP contribution in [0.15, 0.2) is 54.1 Å². The summed E-state index contributed by atoms with van der Waals surface area (Å²) < 4.78 is 10.2. The molecule has 2 rings (SSSR count). The van der Waals surface area contributed by atoms with E-state index in [1.165, 1.54) is 24.3 Å². The molecule has 0 saturated carbocycles. The predicted molar refractivity (Wildman–Crippen MR) is 99.6 cm³/mol. The Morgan fingerprint density at radius 3 is 2.64 bits per heavy atom. The lowest BCUT2D eigenvalue weighted by atomic mass is 10.0. The molecule has 0 unspecified atom stereocenters. The summed E-state index contributed by atoms with van der Waals surface area (Å²) in [6.45, 7) is 1.58. The van der Waals surface area contributed by atoms with Crippen molar-refractivity contribution in [2.75, 3.05) is 13.2 Å². The largest absolute Gasteiger partial charge is 0.481 e. The van der Waals surface area contributed by atoms with Crippen LogP contribution in [-0.4, -0.2) is 29.9 Å². The fraction of sp³-hybridized carbons (Fsp3) is 0.150. The van der Waals surface area contributed by atoms with E-state index >= 15 is 0 Å². The number of ether oxygens (including phenoxy) is 2. The second-order valence-electron chi connectivity index (χ2n) is 5.44. The van der Waals surface area contributed by atoms with Crippen LogP contribution in [0.2, 0.25) is 0 Å². The van der Waals surface area contributed by atoms with Crippen molar-refractivity contribution in [2.24, 2.45) is 0 Å². The lowest BCUT2D eigenvalue weighted by Crippen LogP contribution is -2.15. The molecule has 0 aliphatic heterocycles. The second kappa shape index (κ2) is 9.64. The Balaban J connectivity index is 2.31. The summed E-state index contributed by atoms with van der Waals surface area (Å²) >= 11 is 0. The molecule has 2 aromatic rings. The zero-order valence-electron chi connectivity index (χ0n) is 15.0. The summed E-state index contributed by atoms with van der Waals surface area (Å²) in [5.74, 6) is -0.920. The minimum atomic E-state index is -0.661. The van der Waals surface area contributed by atoms with Crippen LogP contribution < -0.4 is 4.74 Å². The number of Topliss-reactive ketones (excluding diaryl/α,β-unsaturated/α-hetero) is 1. The van der Waals surface area contributed by atoms with Crippen molar-refractivity contribution in [1.29, 1.82) is 5.26 Å². The van der Waals surface area contributed by atoms with Crippen LogP contribution in [-0.2, 0) is 9.53 Å². The van der Waals surface area contributed by atoms with E-state index in [4.69, 9.17) is 9.47 Å². The molecule has 0 bridgehead atoms. The van der Waals surface area contributed by atoms with Crippen molar-refractivity contribution in [2.45, 2.75) is 6.92 Å². The normalized spacial score (nSPS) is 10.6. The number of allylic oxidation sites excluding steroid dienone is 1. The van der Waals surface area contributed by atoms with Gasteiger partial charge in [0, 0.05) is 23.3 Å². The minimum Gasteiger partial charge on any atom is -0.481 e. The van der Waals surface area contributed by atoms with Crippen molar-refractivity contribution in [3.05, 3.63) is 75.3 Å².